The van der Waals surface area contributed by atoms with Crippen LogP contribution in [0.4, 0.5) is 11.4 Å². The Labute approximate surface area is 124 Å². The molecule has 0 aliphatic carbocycles. The van der Waals surface area contributed by atoms with Crippen molar-refractivity contribution in [3.63, 3.8) is 0 Å². The van der Waals surface area contributed by atoms with E-state index in [4.69, 9.17) is 17.0 Å². The third-order valence-corrected chi connectivity index (χ3v) is 3.35. The number of hydrogen-bond donors (Lipinski definition) is 3. The third kappa shape index (κ3) is 3.52. The summed E-state index contributed by atoms with van der Waals surface area (Å²) in [5.74, 6) is 0. The van der Waals surface area contributed by atoms with Gasteiger partial charge in [-0.1, -0.05) is 23.7 Å². The topological polar surface area (TPSA) is 47.9 Å². The Hall–Kier alpha value is -2.00. The van der Waals surface area contributed by atoms with Gasteiger partial charge in [-0.25, -0.2) is 0 Å². The first-order chi connectivity index (χ1) is 9.60. The maximum absolute atomic E-state index is 7.73. The average molecular weight is 288 g/mol. The van der Waals surface area contributed by atoms with Crippen LogP contribution in [-0.2, 0) is 6.54 Å². The lowest BCUT2D eigenvalue weighted by Crippen LogP contribution is -2.03. The normalized spacial score (nSPS) is 10.2. The van der Waals surface area contributed by atoms with Crippen molar-refractivity contribution in [2.75, 3.05) is 17.7 Å². The highest BCUT2D eigenvalue weighted by Gasteiger charge is 2.04. The molecule has 0 unspecified atom stereocenters. The monoisotopic (exact) mass is 287 g/mol. The highest BCUT2D eigenvalue weighted by atomic mass is 35.5. The number of nitrogens with one attached hydrogen (secondary N) is 3. The summed E-state index contributed by atoms with van der Waals surface area (Å²) in [7, 11) is 1.87. The summed E-state index contributed by atoms with van der Waals surface area (Å²) in [4.78, 5) is 0. The van der Waals surface area contributed by atoms with Gasteiger partial charge in [0.2, 0.25) is 0 Å². The van der Waals surface area contributed by atoms with Crippen molar-refractivity contribution in [2.24, 2.45) is 0 Å². The summed E-state index contributed by atoms with van der Waals surface area (Å²) in [5.41, 5.74) is 4.63. The molecule has 0 aliphatic heterocycles. The number of benzene rings is 2. The zero-order valence-electron chi connectivity index (χ0n) is 11.6. The molecule has 0 heterocycles. The summed E-state index contributed by atoms with van der Waals surface area (Å²) in [5, 5.41) is 15.0. The van der Waals surface area contributed by atoms with Gasteiger partial charge in [0.1, 0.15) is 0 Å². The fourth-order valence-corrected chi connectivity index (χ4v) is 2.12. The fourth-order valence-electron chi connectivity index (χ4n) is 1.99. The van der Waals surface area contributed by atoms with Crippen LogP contribution in [-0.4, -0.2) is 12.8 Å². The van der Waals surface area contributed by atoms with Crippen molar-refractivity contribution >= 4 is 28.7 Å². The number of hydrogen-bond acceptors (Lipinski definition) is 3. The second-order valence-electron chi connectivity index (χ2n) is 4.62. The van der Waals surface area contributed by atoms with E-state index in [1.807, 2.05) is 49.5 Å². The second kappa shape index (κ2) is 6.44. The molecule has 0 amide bonds. The van der Waals surface area contributed by atoms with Gasteiger partial charge in [0, 0.05) is 41.3 Å². The Morgan fingerprint density at radius 3 is 2.45 bits per heavy atom. The quantitative estimate of drug-likeness (QED) is 0.715. The molecule has 0 radical (unpaired) electrons. The van der Waals surface area contributed by atoms with E-state index in [-0.39, 0.29) is 0 Å². The number of anilines is 2. The Kier molecular flexibility index (Phi) is 4.64. The van der Waals surface area contributed by atoms with Gasteiger partial charge in [0.05, 0.1) is 0 Å². The van der Waals surface area contributed by atoms with E-state index in [2.05, 4.69) is 10.6 Å². The molecule has 0 aromatic heterocycles. The Balaban J connectivity index is 2.10. The zero-order chi connectivity index (χ0) is 14.5. The van der Waals surface area contributed by atoms with Gasteiger partial charge in [-0.15, -0.1) is 0 Å². The molecule has 2 aromatic carbocycles. The summed E-state index contributed by atoms with van der Waals surface area (Å²) in [6, 6.07) is 13.7. The van der Waals surface area contributed by atoms with Crippen LogP contribution in [0.5, 0.6) is 0 Å². The van der Waals surface area contributed by atoms with Crippen LogP contribution >= 0.6 is 11.6 Å². The maximum atomic E-state index is 7.73. The van der Waals surface area contributed by atoms with Crippen LogP contribution in [0.15, 0.2) is 42.5 Å². The molecule has 0 saturated carbocycles. The molecule has 4 heteroatoms. The Bertz CT molecular complexity index is 606. The lowest BCUT2D eigenvalue weighted by molar-refractivity contribution is 1.15. The zero-order valence-corrected chi connectivity index (χ0v) is 12.4. The van der Waals surface area contributed by atoms with Crippen LogP contribution < -0.4 is 10.6 Å². The van der Waals surface area contributed by atoms with E-state index in [0.717, 1.165) is 28.5 Å². The van der Waals surface area contributed by atoms with Gasteiger partial charge < -0.3 is 16.0 Å². The first kappa shape index (κ1) is 14.4. The third-order valence-electron chi connectivity index (χ3n) is 3.10. The minimum atomic E-state index is 0.554. The van der Waals surface area contributed by atoms with E-state index < -0.39 is 0 Å². The van der Waals surface area contributed by atoms with E-state index in [1.165, 1.54) is 5.56 Å². The van der Waals surface area contributed by atoms with Gasteiger partial charge in [-0.3, -0.25) is 0 Å². The largest absolute Gasteiger partial charge is 0.388 e. The van der Waals surface area contributed by atoms with Gasteiger partial charge in [-0.2, -0.15) is 0 Å². The van der Waals surface area contributed by atoms with Crippen molar-refractivity contribution in [1.29, 1.82) is 5.41 Å². The van der Waals surface area contributed by atoms with E-state index in [9.17, 15) is 0 Å². The maximum Gasteiger partial charge on any atom is 0.0450 e. The van der Waals surface area contributed by atoms with Crippen LogP contribution in [0.1, 0.15) is 18.1 Å². The molecule has 0 bridgehead atoms. The van der Waals surface area contributed by atoms with E-state index in [1.54, 1.807) is 6.92 Å². The van der Waals surface area contributed by atoms with Gasteiger partial charge in [0.15, 0.2) is 0 Å². The fraction of sp³-hybridized carbons (Fsp3) is 0.188. The Morgan fingerprint density at radius 1 is 1.15 bits per heavy atom. The molecule has 20 heavy (non-hydrogen) atoms. The van der Waals surface area contributed by atoms with Crippen molar-refractivity contribution in [1.82, 2.24) is 0 Å². The van der Waals surface area contributed by atoms with Crippen LogP contribution in [0.2, 0.25) is 5.02 Å². The lowest BCUT2D eigenvalue weighted by Gasteiger charge is -2.12. The van der Waals surface area contributed by atoms with E-state index in [0.29, 0.717) is 5.71 Å². The van der Waals surface area contributed by atoms with Gasteiger partial charge in [-0.05, 0) is 42.8 Å². The molecule has 104 valence electrons. The predicted molar refractivity (Wildman–Crippen MR) is 87.3 cm³/mol. The predicted octanol–water partition coefficient (Wildman–Crippen LogP) is 4.38. The highest BCUT2D eigenvalue weighted by Crippen LogP contribution is 2.21. The van der Waals surface area contributed by atoms with Gasteiger partial charge in [0.25, 0.3) is 0 Å². The van der Waals surface area contributed by atoms with Crippen LogP contribution in [0.3, 0.4) is 0 Å². The minimum absolute atomic E-state index is 0.554. The molecule has 0 aliphatic rings. The molecule has 2 aromatic rings. The molecule has 2 rings (SSSR count). The molecule has 0 spiro atoms. The molecular formula is C16H18ClN3. The standard InChI is InChI=1S/C16H18ClN3/c1-11(18)15-8-7-14(9-16(15)19-2)20-10-12-3-5-13(17)6-4-12/h3-9,18-20H,10H2,1-2H3. The van der Waals surface area contributed by atoms with Crippen molar-refractivity contribution in [2.45, 2.75) is 13.5 Å². The minimum Gasteiger partial charge on any atom is -0.388 e. The summed E-state index contributed by atoms with van der Waals surface area (Å²) in [6.07, 6.45) is 0. The van der Waals surface area contributed by atoms with Gasteiger partial charge >= 0.3 is 0 Å². The van der Waals surface area contributed by atoms with E-state index >= 15 is 0 Å². The molecule has 3 N–H and O–H groups in total. The van der Waals surface area contributed by atoms with Crippen LogP contribution in [0, 0.1) is 5.41 Å². The average Bonchev–Trinajstić information content (AvgIpc) is 2.46. The molecule has 0 atom stereocenters. The molecule has 0 saturated heterocycles. The molecular weight excluding hydrogens is 270 g/mol. The summed E-state index contributed by atoms with van der Waals surface area (Å²) < 4.78 is 0. The number of halogens is 1. The Morgan fingerprint density at radius 2 is 1.85 bits per heavy atom. The molecule has 3 nitrogen and oxygen atoms in total. The van der Waals surface area contributed by atoms with Crippen molar-refractivity contribution in [3.05, 3.63) is 58.6 Å². The highest BCUT2D eigenvalue weighted by molar-refractivity contribution is 6.30. The first-order valence-electron chi connectivity index (χ1n) is 6.46. The van der Waals surface area contributed by atoms with Crippen LogP contribution in [0.25, 0.3) is 0 Å². The summed E-state index contributed by atoms with van der Waals surface area (Å²) >= 11 is 5.87. The summed E-state index contributed by atoms with van der Waals surface area (Å²) in [6.45, 7) is 2.53. The van der Waals surface area contributed by atoms with Crippen molar-refractivity contribution in [3.8, 4) is 0 Å². The smallest absolute Gasteiger partial charge is 0.0450 e. The lowest BCUT2D eigenvalue weighted by atomic mass is 10.1. The number of rotatable bonds is 5. The molecule has 0 fully saturated rings. The first-order valence-corrected chi connectivity index (χ1v) is 6.83. The second-order valence-corrected chi connectivity index (χ2v) is 5.05. The van der Waals surface area contributed by atoms with Crippen molar-refractivity contribution < 1.29 is 0 Å². The SMILES string of the molecule is CNc1cc(NCc2ccc(Cl)cc2)ccc1C(C)=N.